The molecule has 0 radical (unpaired) electrons. The summed E-state index contributed by atoms with van der Waals surface area (Å²) in [5.74, 6) is -1.28. The van der Waals surface area contributed by atoms with E-state index in [0.717, 1.165) is 10.6 Å². The van der Waals surface area contributed by atoms with Crippen LogP contribution in [0.5, 0.6) is 0 Å². The minimum atomic E-state index is -1.01. The second kappa shape index (κ2) is 9.20. The lowest BCUT2D eigenvalue weighted by atomic mass is 9.96. The lowest BCUT2D eigenvalue weighted by Crippen LogP contribution is -2.64. The van der Waals surface area contributed by atoms with Crippen molar-refractivity contribution in [1.29, 1.82) is 0 Å². The molecule has 2 aromatic rings. The average Bonchev–Trinajstić information content (AvgIpc) is 2.74. The van der Waals surface area contributed by atoms with Gasteiger partial charge in [-0.3, -0.25) is 4.79 Å². The maximum Gasteiger partial charge on any atom is 0.431 e. The third kappa shape index (κ3) is 4.66. The number of ether oxygens (including phenoxy) is 1. The van der Waals surface area contributed by atoms with Gasteiger partial charge in [-0.2, -0.15) is 10.0 Å². The minimum Gasteiger partial charge on any atom is -0.446 e. The fraction of sp³-hybridized carbons (Fsp3) is 0.391. The number of benzene rings is 2. The van der Waals surface area contributed by atoms with E-state index in [0.29, 0.717) is 12.0 Å². The number of rotatable bonds is 6. The second-order valence-electron chi connectivity index (χ2n) is 7.69. The molecule has 0 bridgehead atoms. The van der Waals surface area contributed by atoms with Gasteiger partial charge in [-0.05, 0) is 31.4 Å². The van der Waals surface area contributed by atoms with Gasteiger partial charge in [0.1, 0.15) is 6.61 Å². The van der Waals surface area contributed by atoms with Crippen LogP contribution in [0.3, 0.4) is 0 Å². The van der Waals surface area contributed by atoms with Gasteiger partial charge in [-0.15, -0.1) is 0 Å². The van der Waals surface area contributed by atoms with Crippen molar-refractivity contribution >= 4 is 12.0 Å². The Kier molecular flexibility index (Phi) is 6.67. The van der Waals surface area contributed by atoms with Crippen LogP contribution in [-0.4, -0.2) is 45.8 Å². The molecule has 0 aromatic heterocycles. The highest BCUT2D eigenvalue weighted by Crippen LogP contribution is 2.28. The molecule has 0 saturated carbocycles. The van der Waals surface area contributed by atoms with Crippen LogP contribution in [0.25, 0.3) is 0 Å². The van der Waals surface area contributed by atoms with Crippen molar-refractivity contribution in [3.05, 3.63) is 71.8 Å². The van der Waals surface area contributed by atoms with E-state index < -0.39 is 24.0 Å². The van der Waals surface area contributed by atoms with Crippen LogP contribution in [-0.2, 0) is 16.0 Å². The number of cyclic esters (lactones) is 1. The molecule has 1 heterocycles. The fourth-order valence-corrected chi connectivity index (χ4v) is 3.72. The summed E-state index contributed by atoms with van der Waals surface area (Å²) in [6.07, 6.45) is -1.06. The summed E-state index contributed by atoms with van der Waals surface area (Å²) in [5, 5.41) is 13.6. The van der Waals surface area contributed by atoms with Crippen molar-refractivity contribution in [2.24, 2.45) is 5.92 Å². The molecule has 29 heavy (non-hydrogen) atoms. The van der Waals surface area contributed by atoms with E-state index >= 15 is 0 Å². The standard InChI is InChI=1S/C23H28N2O4/c1-16(2)24-20(14-18-10-6-4-7-11-18)15-29-23(28)25(24)22(27)17(3)21(26)19-12-8-5-9-13-19/h4-13,16-17,20-21,26H,14-15H2,1-3H3/t17-,20-,21-/m0/s1. The van der Waals surface area contributed by atoms with Crippen LogP contribution in [0.15, 0.2) is 60.7 Å². The average molecular weight is 396 g/mol. The molecule has 0 unspecified atom stereocenters. The molecule has 1 aliphatic rings. The Hall–Kier alpha value is -2.70. The number of carbonyl (C=O) groups excluding carboxylic acids is 2. The van der Waals surface area contributed by atoms with Gasteiger partial charge < -0.3 is 9.84 Å². The quantitative estimate of drug-likeness (QED) is 0.808. The molecule has 1 N–H and O–H groups in total. The minimum absolute atomic E-state index is 0.0958. The summed E-state index contributed by atoms with van der Waals surface area (Å²) in [6, 6.07) is 18.6. The first kappa shape index (κ1) is 21.0. The molecule has 3 rings (SSSR count). The first-order valence-corrected chi connectivity index (χ1v) is 9.96. The lowest BCUT2D eigenvalue weighted by Gasteiger charge is -2.45. The molecule has 6 heteroatoms. The summed E-state index contributed by atoms with van der Waals surface area (Å²) in [5.41, 5.74) is 1.74. The third-order valence-corrected chi connectivity index (χ3v) is 5.23. The van der Waals surface area contributed by atoms with Crippen molar-refractivity contribution in [2.45, 2.75) is 45.4 Å². The van der Waals surface area contributed by atoms with Crippen LogP contribution in [0.2, 0.25) is 0 Å². The van der Waals surface area contributed by atoms with Crippen LogP contribution >= 0.6 is 0 Å². The van der Waals surface area contributed by atoms with Crippen molar-refractivity contribution in [1.82, 2.24) is 10.0 Å². The maximum atomic E-state index is 13.3. The van der Waals surface area contributed by atoms with E-state index in [1.165, 1.54) is 0 Å². The number of hydrogen-bond acceptors (Lipinski definition) is 5. The molecular weight excluding hydrogens is 368 g/mol. The second-order valence-corrected chi connectivity index (χ2v) is 7.69. The molecule has 0 aliphatic carbocycles. The molecule has 1 fully saturated rings. The first-order chi connectivity index (χ1) is 13.9. The van der Waals surface area contributed by atoms with Crippen molar-refractivity contribution in [2.75, 3.05) is 6.61 Å². The first-order valence-electron chi connectivity index (χ1n) is 9.96. The Balaban J connectivity index is 1.84. The summed E-state index contributed by atoms with van der Waals surface area (Å²) in [7, 11) is 0. The number of amides is 2. The van der Waals surface area contributed by atoms with Crippen LogP contribution in [0.1, 0.15) is 38.0 Å². The summed E-state index contributed by atoms with van der Waals surface area (Å²) in [4.78, 5) is 25.8. The van der Waals surface area contributed by atoms with Crippen molar-refractivity contribution < 1.29 is 19.4 Å². The molecule has 154 valence electrons. The molecule has 1 aliphatic heterocycles. The summed E-state index contributed by atoms with van der Waals surface area (Å²) < 4.78 is 5.36. The molecular formula is C23H28N2O4. The normalized spacial score (nSPS) is 19.7. The zero-order chi connectivity index (χ0) is 21.0. The predicted molar refractivity (Wildman–Crippen MR) is 110 cm³/mol. The van der Waals surface area contributed by atoms with Gasteiger partial charge in [0.05, 0.1) is 18.1 Å². The predicted octanol–water partition coefficient (Wildman–Crippen LogP) is 3.57. The van der Waals surface area contributed by atoms with E-state index in [-0.39, 0.29) is 18.7 Å². The highest BCUT2D eigenvalue weighted by atomic mass is 16.6. The van der Waals surface area contributed by atoms with Crippen LogP contribution in [0.4, 0.5) is 4.79 Å². The molecule has 1 saturated heterocycles. The summed E-state index contributed by atoms with van der Waals surface area (Å²) in [6.45, 7) is 5.72. The van der Waals surface area contributed by atoms with Gasteiger partial charge in [0, 0.05) is 6.04 Å². The lowest BCUT2D eigenvalue weighted by molar-refractivity contribution is -0.172. The van der Waals surface area contributed by atoms with Gasteiger partial charge in [0.2, 0.25) is 0 Å². The van der Waals surface area contributed by atoms with Crippen LogP contribution in [0, 0.1) is 5.92 Å². The highest BCUT2D eigenvalue weighted by Gasteiger charge is 2.43. The summed E-state index contributed by atoms with van der Waals surface area (Å²) >= 11 is 0. The Morgan fingerprint density at radius 2 is 1.66 bits per heavy atom. The fourth-order valence-electron chi connectivity index (χ4n) is 3.72. The molecule has 2 aromatic carbocycles. The highest BCUT2D eigenvalue weighted by molar-refractivity contribution is 5.93. The van der Waals surface area contributed by atoms with E-state index in [9.17, 15) is 14.7 Å². The SMILES string of the molecule is CC(C)N1[C@@H](Cc2ccccc2)COC(=O)N1C(=O)[C@@H](C)[C@H](O)c1ccccc1. The third-order valence-electron chi connectivity index (χ3n) is 5.23. The number of aliphatic hydroxyl groups is 1. The number of nitrogens with zero attached hydrogens (tertiary/aromatic N) is 2. The number of aliphatic hydroxyl groups excluding tert-OH is 1. The van der Waals surface area contributed by atoms with E-state index in [1.807, 2.05) is 50.2 Å². The van der Waals surface area contributed by atoms with Gasteiger partial charge in [-0.1, -0.05) is 67.6 Å². The number of hydrogen-bond donors (Lipinski definition) is 1. The Labute approximate surface area is 171 Å². The molecule has 3 atom stereocenters. The van der Waals surface area contributed by atoms with Gasteiger partial charge in [-0.25, -0.2) is 4.79 Å². The maximum absolute atomic E-state index is 13.3. The van der Waals surface area contributed by atoms with Gasteiger partial charge in [0.25, 0.3) is 5.91 Å². The van der Waals surface area contributed by atoms with E-state index in [2.05, 4.69) is 0 Å². The van der Waals surface area contributed by atoms with E-state index in [1.54, 1.807) is 36.2 Å². The molecule has 6 nitrogen and oxygen atoms in total. The number of hydrazine groups is 1. The molecule has 0 spiro atoms. The van der Waals surface area contributed by atoms with Crippen molar-refractivity contribution in [3.63, 3.8) is 0 Å². The number of imide groups is 1. The van der Waals surface area contributed by atoms with Gasteiger partial charge in [0.15, 0.2) is 0 Å². The van der Waals surface area contributed by atoms with Crippen LogP contribution < -0.4 is 0 Å². The Bertz CT molecular complexity index is 825. The van der Waals surface area contributed by atoms with Crippen molar-refractivity contribution in [3.8, 4) is 0 Å². The monoisotopic (exact) mass is 396 g/mol. The zero-order valence-corrected chi connectivity index (χ0v) is 17.1. The van der Waals surface area contributed by atoms with Gasteiger partial charge >= 0.3 is 6.09 Å². The Morgan fingerprint density at radius 1 is 1.07 bits per heavy atom. The largest absolute Gasteiger partial charge is 0.446 e. The zero-order valence-electron chi connectivity index (χ0n) is 17.1. The molecule has 2 amide bonds. The smallest absolute Gasteiger partial charge is 0.431 e. The topological polar surface area (TPSA) is 70.1 Å². The number of carbonyl (C=O) groups is 2. The Morgan fingerprint density at radius 3 is 2.24 bits per heavy atom. The van der Waals surface area contributed by atoms with E-state index in [4.69, 9.17) is 4.74 Å².